The molecule has 0 atom stereocenters. The van der Waals surface area contributed by atoms with E-state index in [1.54, 1.807) is 12.1 Å². The van der Waals surface area contributed by atoms with Crippen LogP contribution >= 0.6 is 0 Å². The molecule has 2 aromatic heterocycles. The lowest BCUT2D eigenvalue weighted by molar-refractivity contribution is 0.0697. The predicted octanol–water partition coefficient (Wildman–Crippen LogP) is 3.37. The molecule has 0 spiro atoms. The zero-order valence-corrected chi connectivity index (χ0v) is 12.0. The summed E-state index contributed by atoms with van der Waals surface area (Å²) in [7, 11) is 0. The number of aromatic nitrogens is 2. The minimum Gasteiger partial charge on any atom is -0.478 e. The minimum atomic E-state index is -1.02. The van der Waals surface area contributed by atoms with Gasteiger partial charge in [-0.15, -0.1) is 0 Å². The summed E-state index contributed by atoms with van der Waals surface area (Å²) >= 11 is 0. The first kappa shape index (κ1) is 13.3. The van der Waals surface area contributed by atoms with Gasteiger partial charge in [-0.3, -0.25) is 4.79 Å². The Kier molecular flexibility index (Phi) is 2.81. The van der Waals surface area contributed by atoms with E-state index < -0.39 is 5.97 Å². The van der Waals surface area contributed by atoms with Crippen LogP contribution in [0.4, 0.5) is 0 Å². The van der Waals surface area contributed by atoms with Crippen LogP contribution in [0.5, 0.6) is 0 Å². The number of hydrogen-bond donors (Lipinski definition) is 3. The zero-order chi connectivity index (χ0) is 16.0. The van der Waals surface area contributed by atoms with E-state index in [0.717, 1.165) is 21.9 Å². The zero-order valence-electron chi connectivity index (χ0n) is 12.0. The van der Waals surface area contributed by atoms with Crippen molar-refractivity contribution in [3.8, 4) is 11.1 Å². The molecule has 4 aromatic rings. The van der Waals surface area contributed by atoms with Gasteiger partial charge in [-0.25, -0.2) is 4.79 Å². The summed E-state index contributed by atoms with van der Waals surface area (Å²) in [4.78, 5) is 29.4. The summed E-state index contributed by atoms with van der Waals surface area (Å²) in [6, 6.07) is 14.3. The van der Waals surface area contributed by atoms with E-state index in [0.29, 0.717) is 11.1 Å². The van der Waals surface area contributed by atoms with Gasteiger partial charge in [0.05, 0.1) is 5.56 Å². The molecule has 0 aliphatic carbocycles. The molecule has 0 aliphatic rings. The summed E-state index contributed by atoms with van der Waals surface area (Å²) in [5.74, 6) is -1.02. The average Bonchev–Trinajstić information content (AvgIpc) is 2.97. The number of aromatic amines is 2. The average molecular weight is 304 g/mol. The van der Waals surface area contributed by atoms with Crippen LogP contribution in [0.1, 0.15) is 10.4 Å². The highest BCUT2D eigenvalue weighted by Gasteiger charge is 2.11. The molecule has 0 bridgehead atoms. The third kappa shape index (κ3) is 2.10. The Hall–Kier alpha value is -3.34. The number of carboxylic acid groups (broad SMARTS) is 1. The molecule has 0 aliphatic heterocycles. The molecule has 5 nitrogen and oxygen atoms in total. The third-order valence-corrected chi connectivity index (χ3v) is 3.97. The van der Waals surface area contributed by atoms with Gasteiger partial charge in [0.25, 0.3) is 5.56 Å². The van der Waals surface area contributed by atoms with Gasteiger partial charge in [-0.1, -0.05) is 24.3 Å². The summed E-state index contributed by atoms with van der Waals surface area (Å²) in [5.41, 5.74) is 2.75. The Balaban J connectivity index is 1.98. The van der Waals surface area contributed by atoms with Crippen LogP contribution in [-0.2, 0) is 0 Å². The fourth-order valence-corrected chi connectivity index (χ4v) is 2.83. The predicted molar refractivity (Wildman–Crippen MR) is 88.8 cm³/mol. The van der Waals surface area contributed by atoms with Crippen molar-refractivity contribution in [3.63, 3.8) is 0 Å². The van der Waals surface area contributed by atoms with E-state index in [2.05, 4.69) is 9.97 Å². The first-order valence-corrected chi connectivity index (χ1v) is 7.10. The number of rotatable bonds is 2. The number of hydrogen-bond acceptors (Lipinski definition) is 2. The Morgan fingerprint density at radius 1 is 0.957 bits per heavy atom. The lowest BCUT2D eigenvalue weighted by Gasteiger charge is -2.04. The van der Waals surface area contributed by atoms with E-state index in [1.807, 2.05) is 30.5 Å². The number of nitrogens with one attached hydrogen (secondary N) is 2. The van der Waals surface area contributed by atoms with Crippen molar-refractivity contribution in [1.82, 2.24) is 9.97 Å². The summed E-state index contributed by atoms with van der Waals surface area (Å²) in [6.45, 7) is 0. The number of carbonyl (C=O) groups is 1. The summed E-state index contributed by atoms with van der Waals surface area (Å²) in [6.07, 6.45) is 1.81. The van der Waals surface area contributed by atoms with Crippen LogP contribution in [0.2, 0.25) is 0 Å². The number of para-hydroxylation sites is 1. The number of pyridine rings is 1. The van der Waals surface area contributed by atoms with Gasteiger partial charge in [0.1, 0.15) is 0 Å². The van der Waals surface area contributed by atoms with Crippen molar-refractivity contribution in [2.45, 2.75) is 0 Å². The maximum Gasteiger partial charge on any atom is 0.335 e. The first-order chi connectivity index (χ1) is 11.1. The molecule has 23 heavy (non-hydrogen) atoms. The van der Waals surface area contributed by atoms with Gasteiger partial charge < -0.3 is 15.1 Å². The molecule has 0 amide bonds. The van der Waals surface area contributed by atoms with Crippen molar-refractivity contribution < 1.29 is 9.90 Å². The van der Waals surface area contributed by atoms with Gasteiger partial charge >= 0.3 is 5.97 Å². The number of H-pyrrole nitrogens is 2. The van der Waals surface area contributed by atoms with Crippen LogP contribution < -0.4 is 5.56 Å². The maximum absolute atomic E-state index is 12.4. The van der Waals surface area contributed by atoms with Gasteiger partial charge in [-0.2, -0.15) is 0 Å². The summed E-state index contributed by atoms with van der Waals surface area (Å²) in [5, 5.41) is 10.8. The van der Waals surface area contributed by atoms with Crippen molar-refractivity contribution in [3.05, 3.63) is 70.6 Å². The number of aromatic carboxylic acids is 1. The molecule has 0 saturated heterocycles. The number of benzene rings is 2. The minimum absolute atomic E-state index is 0.146. The molecule has 2 aromatic carbocycles. The van der Waals surface area contributed by atoms with E-state index in [4.69, 9.17) is 5.11 Å². The lowest BCUT2D eigenvalue weighted by atomic mass is 10.0. The molecule has 0 unspecified atom stereocenters. The second-order valence-corrected chi connectivity index (χ2v) is 5.37. The van der Waals surface area contributed by atoms with Gasteiger partial charge in [0.15, 0.2) is 0 Å². The molecule has 5 heteroatoms. The first-order valence-electron chi connectivity index (χ1n) is 7.10. The Morgan fingerprint density at radius 2 is 1.78 bits per heavy atom. The smallest absolute Gasteiger partial charge is 0.335 e. The Morgan fingerprint density at radius 3 is 2.61 bits per heavy atom. The van der Waals surface area contributed by atoms with Gasteiger partial charge in [0.2, 0.25) is 0 Å². The highest BCUT2D eigenvalue weighted by molar-refractivity contribution is 5.98. The van der Waals surface area contributed by atoms with E-state index in [9.17, 15) is 9.59 Å². The van der Waals surface area contributed by atoms with Crippen LogP contribution in [0.3, 0.4) is 0 Å². The molecule has 112 valence electrons. The number of carboxylic acids is 1. The van der Waals surface area contributed by atoms with Gasteiger partial charge in [-0.05, 0) is 29.7 Å². The quantitative estimate of drug-likeness (QED) is 0.530. The molecule has 2 heterocycles. The van der Waals surface area contributed by atoms with Crippen LogP contribution in [0, 0.1) is 0 Å². The largest absolute Gasteiger partial charge is 0.478 e. The second-order valence-electron chi connectivity index (χ2n) is 5.37. The molecule has 0 radical (unpaired) electrons. The topological polar surface area (TPSA) is 85.9 Å². The van der Waals surface area contributed by atoms with Crippen molar-refractivity contribution in [1.29, 1.82) is 0 Å². The van der Waals surface area contributed by atoms with Crippen molar-refractivity contribution >= 4 is 27.8 Å². The highest BCUT2D eigenvalue weighted by Crippen LogP contribution is 2.27. The molecular weight excluding hydrogens is 292 g/mol. The van der Waals surface area contributed by atoms with Crippen LogP contribution in [0.15, 0.2) is 59.5 Å². The molecule has 0 fully saturated rings. The maximum atomic E-state index is 12.4. The third-order valence-electron chi connectivity index (χ3n) is 3.97. The van der Waals surface area contributed by atoms with E-state index >= 15 is 0 Å². The fraction of sp³-hybridized carbons (Fsp3) is 0. The molecule has 4 rings (SSSR count). The molecular formula is C18H12N2O3. The number of fused-ring (bicyclic) bond motifs is 2. The van der Waals surface area contributed by atoms with Gasteiger partial charge in [0, 0.05) is 33.7 Å². The van der Waals surface area contributed by atoms with E-state index in [1.165, 1.54) is 12.1 Å². The van der Waals surface area contributed by atoms with Crippen molar-refractivity contribution in [2.24, 2.45) is 0 Å². The van der Waals surface area contributed by atoms with Crippen LogP contribution in [0.25, 0.3) is 32.9 Å². The summed E-state index contributed by atoms with van der Waals surface area (Å²) < 4.78 is 0. The molecule has 0 saturated carbocycles. The Labute approximate surface area is 130 Å². The molecule has 3 N–H and O–H groups in total. The SMILES string of the molecule is O=C(O)c1ccc2cc(-c3c[nH]c4ccccc34)c(=O)[nH]c2c1. The normalized spacial score (nSPS) is 11.1. The van der Waals surface area contributed by atoms with E-state index in [-0.39, 0.29) is 11.1 Å². The Bertz CT molecular complexity index is 1120. The fourth-order valence-electron chi connectivity index (χ4n) is 2.83. The van der Waals surface area contributed by atoms with Crippen molar-refractivity contribution in [2.75, 3.05) is 0 Å². The highest BCUT2D eigenvalue weighted by atomic mass is 16.4. The second kappa shape index (κ2) is 4.84. The van der Waals surface area contributed by atoms with Crippen LogP contribution in [-0.4, -0.2) is 21.0 Å². The monoisotopic (exact) mass is 304 g/mol. The standard InChI is InChI=1S/C18H12N2O3/c21-17-13(14-9-19-15-4-2-1-3-12(14)15)7-10-5-6-11(18(22)23)8-16(10)20-17/h1-9,19H,(H,20,21)(H,22,23). The lowest BCUT2D eigenvalue weighted by Crippen LogP contribution is -2.09.